The van der Waals surface area contributed by atoms with E-state index in [2.05, 4.69) is 153 Å². The number of aromatic nitrogens is 4. The van der Waals surface area contributed by atoms with Crippen LogP contribution in [0.2, 0.25) is 0 Å². The van der Waals surface area contributed by atoms with Gasteiger partial charge in [-0.2, -0.15) is 0 Å². The predicted molar refractivity (Wildman–Crippen MR) is 539 cm³/mol. The summed E-state index contributed by atoms with van der Waals surface area (Å²) in [7, 11) is 0. The third-order valence-electron chi connectivity index (χ3n) is 24.5. The van der Waals surface area contributed by atoms with Crippen molar-refractivity contribution >= 4 is 164 Å². The topological polar surface area (TPSA) is 389 Å². The Kier molecular flexibility index (Phi) is 34.8. The Morgan fingerprint density at radius 2 is 0.765 bits per heavy atom. The number of amides is 6. The van der Waals surface area contributed by atoms with Crippen molar-refractivity contribution in [2.24, 2.45) is 11.8 Å². The number of nitrogen functional groups attached to an aromatic ring is 2. The zero-order valence-corrected chi connectivity index (χ0v) is 84.2. The number of carbonyl (C=O) groups is 9. The van der Waals surface area contributed by atoms with Crippen molar-refractivity contribution in [2.75, 3.05) is 120 Å². The number of fused-ring (bicyclic) bond motifs is 13. The maximum Gasteiger partial charge on any atom is 0.410 e. The van der Waals surface area contributed by atoms with E-state index in [1.54, 1.807) is 30.9 Å². The Morgan fingerprint density at radius 3 is 1.12 bits per heavy atom. The van der Waals surface area contributed by atoms with Gasteiger partial charge in [0, 0.05) is 185 Å². The number of rotatable bonds is 10. The van der Waals surface area contributed by atoms with Crippen LogP contribution in [-0.4, -0.2) is 207 Å². The highest BCUT2D eigenvalue weighted by Crippen LogP contribution is 2.48. The van der Waals surface area contributed by atoms with Crippen molar-refractivity contribution in [1.29, 1.82) is 0 Å². The second-order valence-corrected chi connectivity index (χ2v) is 42.0. The molecular formula is C99H115Br2ClN16O14S4. The summed E-state index contributed by atoms with van der Waals surface area (Å²) >= 11 is 14.5. The van der Waals surface area contributed by atoms with Gasteiger partial charge in [0.25, 0.3) is 0 Å². The fourth-order valence-corrected chi connectivity index (χ4v) is 22.1. The van der Waals surface area contributed by atoms with Crippen molar-refractivity contribution < 1.29 is 66.8 Å². The first-order valence-corrected chi connectivity index (χ1v) is 50.3. The summed E-state index contributed by atoms with van der Waals surface area (Å²) in [4.78, 5) is 136. The number of nitrogens with zero attached hydrogens (tertiary/aromatic N) is 8. The molecule has 3 atom stereocenters. The third kappa shape index (κ3) is 26.2. The largest absolute Gasteiger partial charge is 0.453 e. The number of thiazole rings is 4. The number of nitrogens with two attached hydrogens (primary N) is 2. The molecule has 4 fully saturated rings. The molecule has 136 heavy (non-hydrogen) atoms. The Balaban J connectivity index is 0.000000137. The number of hydrogen-bond acceptors (Lipinski definition) is 28. The molecule has 0 bridgehead atoms. The number of ether oxygens (including phenoxy) is 5. The monoisotopic (exact) mass is 2070 g/mol. The van der Waals surface area contributed by atoms with E-state index >= 15 is 0 Å². The van der Waals surface area contributed by atoms with Crippen molar-refractivity contribution in [1.82, 2.24) is 60.8 Å². The highest BCUT2D eigenvalue weighted by Gasteiger charge is 2.39. The van der Waals surface area contributed by atoms with E-state index in [0.717, 1.165) is 111 Å². The van der Waals surface area contributed by atoms with E-state index in [1.165, 1.54) is 116 Å². The summed E-state index contributed by atoms with van der Waals surface area (Å²) in [5, 5.41) is 21.0. The van der Waals surface area contributed by atoms with Gasteiger partial charge >= 0.3 is 29.8 Å². The number of alkyl halides is 1. The van der Waals surface area contributed by atoms with Gasteiger partial charge in [-0.1, -0.05) is 173 Å². The number of carbonyl (C=O) groups excluding carboxylic acids is 9. The van der Waals surface area contributed by atoms with Gasteiger partial charge in [0.2, 0.25) is 11.8 Å². The predicted octanol–water partition coefficient (Wildman–Crippen LogP) is 17.0. The minimum absolute atomic E-state index is 0. The van der Waals surface area contributed by atoms with Crippen molar-refractivity contribution in [3.8, 4) is 33.4 Å². The molecule has 12 heterocycles. The van der Waals surface area contributed by atoms with Gasteiger partial charge in [-0.25, -0.2) is 43.9 Å². The SMILES string of the molecule is Br.CC(C)(C)OC(=O)N1CC[C@H](C(=O)Nc2nc3c(s2)CN(C(=O)OCC2c4ccccc4-c4ccccc42)CC3)C1.CC(C)(C)OC(=O)N1CC[C@H](C(=O)Nc2nc3c(s2)CNCC3)C1.Nc1nc2c(s1)CN(C(=O)OCC1c3ccccc3-c3ccccc31)CC2.Nc1nc2c(s1)CNCC2.O=C(Cl)OCC1c2ccccc2-c2ccccc21.O=C1CCNCC1.O=C1CCNCC1Br. The maximum absolute atomic E-state index is 13.1. The van der Waals surface area contributed by atoms with E-state index in [1.807, 2.05) is 102 Å². The number of nitrogens with one attached hydrogen (secondary N) is 6. The lowest BCUT2D eigenvalue weighted by molar-refractivity contribution is -0.120. The minimum atomic E-state index is -0.753. The summed E-state index contributed by atoms with van der Waals surface area (Å²) < 4.78 is 27.4. The Morgan fingerprint density at radius 1 is 0.426 bits per heavy atom. The van der Waals surface area contributed by atoms with Crippen LogP contribution in [0.1, 0.15) is 167 Å². The average molecular weight is 2080 g/mol. The molecule has 30 nitrogen and oxygen atoms in total. The Hall–Kier alpha value is -10.6. The van der Waals surface area contributed by atoms with E-state index in [0.29, 0.717) is 117 Å². The smallest absolute Gasteiger partial charge is 0.410 e. The summed E-state index contributed by atoms with van der Waals surface area (Å²) in [5.74, 6) is 0.148. The average Bonchev–Trinajstić information content (AvgIpc) is 1.62. The van der Waals surface area contributed by atoms with E-state index in [-0.39, 0.29) is 94.7 Å². The molecule has 1 unspecified atom stereocenters. The van der Waals surface area contributed by atoms with Crippen LogP contribution in [0.15, 0.2) is 146 Å². The lowest BCUT2D eigenvalue weighted by atomic mass is 9.98. The number of benzene rings is 6. The van der Waals surface area contributed by atoms with Crippen LogP contribution in [0, 0.1) is 11.8 Å². The van der Waals surface area contributed by atoms with E-state index in [9.17, 15) is 43.2 Å². The van der Waals surface area contributed by atoms with Crippen molar-refractivity contribution in [3.63, 3.8) is 0 Å². The molecular weight excluding hydrogens is 1960 g/mol. The molecule has 6 amide bonds. The quantitative estimate of drug-likeness (QED) is 0.0358. The van der Waals surface area contributed by atoms with Crippen LogP contribution in [0.25, 0.3) is 33.4 Å². The number of Topliss-reactive ketones (excluding diaryl/α,β-unsaturated/α-hetero) is 2. The number of anilines is 4. The maximum atomic E-state index is 13.1. The van der Waals surface area contributed by atoms with Gasteiger partial charge in [0.15, 0.2) is 20.5 Å². The number of halogens is 3. The minimum Gasteiger partial charge on any atom is -0.453 e. The van der Waals surface area contributed by atoms with E-state index in [4.69, 9.17) is 46.8 Å². The van der Waals surface area contributed by atoms with Crippen LogP contribution >= 0.6 is 89.9 Å². The fraction of sp³-hybridized carbons (Fsp3) is 0.424. The first-order valence-electron chi connectivity index (χ1n) is 45.8. The molecule has 37 heteroatoms. The highest BCUT2D eigenvalue weighted by molar-refractivity contribution is 9.10. The molecule has 10 N–H and O–H groups in total. The highest BCUT2D eigenvalue weighted by atomic mass is 79.9. The molecule has 8 aliphatic heterocycles. The molecule has 4 saturated heterocycles. The molecule has 10 aromatic rings. The standard InChI is InChI=1S/C31H34N4O5S.C21H19N3O2S.C16H24N4O3S.C15H11ClO2.C6H9N3S.C5H8BrNO.C5H9NO.BrH/c1-31(2,3)40-30(38)34-14-12-19(16-34)27(36)33-28-32-25-13-15-35(17-26(25)41-28)29(37)39-18-24-22-10-6-4-8-20(22)21-9-5-7-11-23(21)24;22-20-23-18-9-10-24(11-19(18)27-20)21(25)26-12-17-15-7-3-1-5-13(15)14-6-2-4-8-16(14)17;1-16(2,3)23-15(22)20-7-5-10(9-20)13(21)19-14-18-11-4-6-17-8-12(11)24-14;16-15(17)18-9-14-12-7-3-1-5-10(12)11-6-2-4-8-13(11)14;7-6-9-4-1-2-8-3-5(4)10-6;6-4-3-7-2-1-5(4)8;7-5-1-3-6-4-2-5;/h4-11,19,24H,12-18H2,1-3H3,(H,32,33,36);1-8,17H,9-12H2,(H2,22,23);10,17H,4-9H2,1-3H3,(H,18,19,21);1-8,14H,9H2;8H,1-3H2,(H2,7,9);4,7H,1-3H2;6H,1-4H2;1H/t19-;;10-;;;;;/m0.0...../s1. The van der Waals surface area contributed by atoms with E-state index < -0.39 is 22.7 Å². The van der Waals surface area contributed by atoms with Gasteiger partial charge in [-0.15, -0.1) is 51.0 Å². The second-order valence-electron chi connectivity index (χ2n) is 36.2. The Labute approximate surface area is 831 Å². The molecule has 0 radical (unpaired) electrons. The Bertz CT molecular complexity index is 5770. The lowest BCUT2D eigenvalue weighted by Crippen LogP contribution is -2.37. The first kappa shape index (κ1) is 101. The van der Waals surface area contributed by atoms with Gasteiger partial charge in [0.1, 0.15) is 42.6 Å². The molecule has 0 saturated carbocycles. The van der Waals surface area contributed by atoms with Crippen molar-refractivity contribution in [3.05, 3.63) is 221 Å². The zero-order chi connectivity index (χ0) is 95.0. The van der Waals surface area contributed by atoms with Crippen LogP contribution in [0.4, 0.5) is 44.5 Å². The molecule has 21 rings (SSSR count). The van der Waals surface area contributed by atoms with Gasteiger partial charge in [-0.05, 0) is 121 Å². The molecule has 3 aliphatic carbocycles. The fourth-order valence-electron chi connectivity index (χ4n) is 17.8. The van der Waals surface area contributed by atoms with Crippen molar-refractivity contribution in [2.45, 2.75) is 159 Å². The lowest BCUT2D eigenvalue weighted by Gasteiger charge is -2.26. The summed E-state index contributed by atoms with van der Waals surface area (Å²) in [6.45, 7) is 22.8. The number of likely N-dealkylation sites (tertiary alicyclic amines) is 2. The molecule has 720 valence electrons. The number of piperidine rings is 2. The summed E-state index contributed by atoms with van der Waals surface area (Å²) in [6.07, 6.45) is 5.27. The van der Waals surface area contributed by atoms with Crippen LogP contribution in [0.3, 0.4) is 0 Å². The van der Waals surface area contributed by atoms with Crippen LogP contribution < -0.4 is 43.4 Å². The van der Waals surface area contributed by atoms with Gasteiger partial charge in [-0.3, -0.25) is 19.2 Å². The normalized spacial score (nSPS) is 18.0. The van der Waals surface area contributed by atoms with Crippen LogP contribution in [-0.2, 0) is 94.7 Å². The summed E-state index contributed by atoms with van der Waals surface area (Å²) in [6, 6.07) is 49.6. The first-order chi connectivity index (χ1) is 65.0. The molecule has 0 spiro atoms. The molecule has 6 aromatic carbocycles. The summed E-state index contributed by atoms with van der Waals surface area (Å²) in [5.41, 5.74) is 28.1. The molecule has 4 aromatic heterocycles. The van der Waals surface area contributed by atoms with Crippen LogP contribution in [0.5, 0.6) is 0 Å². The zero-order valence-electron chi connectivity index (χ0n) is 76.9. The number of hydrogen-bond donors (Lipinski definition) is 8. The molecule has 11 aliphatic rings. The third-order valence-corrected chi connectivity index (χ3v) is 29.3. The van der Waals surface area contributed by atoms with Gasteiger partial charge in [0.05, 0.1) is 52.5 Å². The second kappa shape index (κ2) is 46.7. The van der Waals surface area contributed by atoms with Gasteiger partial charge < -0.3 is 86.7 Å². The number of ketones is 2.